The maximum Gasteiger partial charge on any atom is 0.410 e. The van der Waals surface area contributed by atoms with Crippen LogP contribution in [0.2, 0.25) is 5.15 Å². The number of ether oxygens (including phenoxy) is 2. The summed E-state index contributed by atoms with van der Waals surface area (Å²) in [6.07, 6.45) is 2.84. The molecule has 0 atom stereocenters. The van der Waals surface area contributed by atoms with Crippen LogP contribution in [0.4, 0.5) is 24.2 Å². The zero-order chi connectivity index (χ0) is 35.8. The first-order valence-electron chi connectivity index (χ1n) is 16.3. The fraction of sp³-hybridized carbons (Fsp3) is 0.444. The minimum absolute atomic E-state index is 0.200. The van der Waals surface area contributed by atoms with Crippen molar-refractivity contribution in [3.8, 4) is 0 Å². The summed E-state index contributed by atoms with van der Waals surface area (Å²) < 4.78 is 37.0. The van der Waals surface area contributed by atoms with E-state index in [1.165, 1.54) is 24.3 Å². The van der Waals surface area contributed by atoms with Crippen LogP contribution in [0.3, 0.4) is 0 Å². The minimum Gasteiger partial charge on any atom is -0.444 e. The predicted octanol–water partition coefficient (Wildman–Crippen LogP) is 7.29. The number of halogens is 3. The molecule has 0 spiro atoms. The van der Waals surface area contributed by atoms with Crippen molar-refractivity contribution in [1.82, 2.24) is 25.1 Å². The average molecular weight is 699 g/mol. The van der Waals surface area contributed by atoms with Gasteiger partial charge in [-0.15, -0.1) is 0 Å². The second-order valence-corrected chi connectivity index (χ2v) is 14.0. The van der Waals surface area contributed by atoms with E-state index < -0.39 is 5.60 Å². The summed E-state index contributed by atoms with van der Waals surface area (Å²) in [7, 11) is 0. The van der Waals surface area contributed by atoms with Gasteiger partial charge in [-0.1, -0.05) is 23.7 Å². The van der Waals surface area contributed by atoms with Gasteiger partial charge in [-0.3, -0.25) is 0 Å². The molecule has 2 amide bonds. The molecule has 2 aromatic carbocycles. The van der Waals surface area contributed by atoms with Crippen LogP contribution >= 0.6 is 11.6 Å². The smallest absolute Gasteiger partial charge is 0.410 e. The number of hydrogen-bond donors (Lipinski definition) is 1. The SMILES string of the molecule is CC(C)(C)OC(=O)N1CCN(c2nccc3ccc(F)cc23)CC1.CC(C)(C)OC(=O)N1CCNCC1.Fc1ccc2ccnc(Cl)c2c1. The van der Waals surface area contributed by atoms with Gasteiger partial charge in [0.05, 0.1) is 0 Å². The molecule has 4 aromatic rings. The first-order valence-corrected chi connectivity index (χ1v) is 16.6. The van der Waals surface area contributed by atoms with E-state index in [-0.39, 0.29) is 29.4 Å². The second kappa shape index (κ2) is 16.4. The number of fused-ring (bicyclic) bond motifs is 2. The third kappa shape index (κ3) is 11.4. The van der Waals surface area contributed by atoms with E-state index in [4.69, 9.17) is 21.1 Å². The van der Waals surface area contributed by atoms with Crippen molar-refractivity contribution >= 4 is 51.2 Å². The van der Waals surface area contributed by atoms with E-state index in [0.717, 1.165) is 48.2 Å². The largest absolute Gasteiger partial charge is 0.444 e. The molecule has 0 bridgehead atoms. The fourth-order valence-corrected chi connectivity index (χ4v) is 5.30. The average Bonchev–Trinajstić information content (AvgIpc) is 3.04. The van der Waals surface area contributed by atoms with Gasteiger partial charge in [-0.05, 0) is 88.7 Å². The van der Waals surface area contributed by atoms with Gasteiger partial charge in [-0.25, -0.2) is 28.3 Å². The van der Waals surface area contributed by atoms with Crippen LogP contribution in [0, 0.1) is 11.6 Å². The lowest BCUT2D eigenvalue weighted by Gasteiger charge is -2.36. The van der Waals surface area contributed by atoms with E-state index in [0.29, 0.717) is 36.7 Å². The van der Waals surface area contributed by atoms with Gasteiger partial charge in [0, 0.05) is 75.5 Å². The highest BCUT2D eigenvalue weighted by molar-refractivity contribution is 6.34. The Labute approximate surface area is 291 Å². The molecule has 0 saturated carbocycles. The summed E-state index contributed by atoms with van der Waals surface area (Å²) in [5.41, 5.74) is -0.884. The van der Waals surface area contributed by atoms with Crippen molar-refractivity contribution in [3.63, 3.8) is 0 Å². The number of aromatic nitrogens is 2. The molecule has 0 radical (unpaired) electrons. The summed E-state index contributed by atoms with van der Waals surface area (Å²) in [4.78, 5) is 37.4. The number of anilines is 1. The molecule has 2 saturated heterocycles. The fourth-order valence-electron chi connectivity index (χ4n) is 5.08. The van der Waals surface area contributed by atoms with Gasteiger partial charge in [0.1, 0.15) is 33.8 Å². The highest BCUT2D eigenvalue weighted by atomic mass is 35.5. The highest BCUT2D eigenvalue weighted by Crippen LogP contribution is 2.26. The quantitative estimate of drug-likeness (QED) is 0.207. The lowest BCUT2D eigenvalue weighted by Crippen LogP contribution is -2.50. The Hall–Kier alpha value is -4.29. The number of carbonyl (C=O) groups is 2. The number of piperazine rings is 2. The molecule has 0 aliphatic carbocycles. The van der Waals surface area contributed by atoms with Crippen molar-refractivity contribution in [3.05, 3.63) is 77.7 Å². The molecule has 2 aromatic heterocycles. The second-order valence-electron chi connectivity index (χ2n) is 13.6. The Morgan fingerprint density at radius 1 is 0.694 bits per heavy atom. The molecular weight excluding hydrogens is 654 g/mol. The van der Waals surface area contributed by atoms with Crippen LogP contribution < -0.4 is 10.2 Å². The highest BCUT2D eigenvalue weighted by Gasteiger charge is 2.27. The summed E-state index contributed by atoms with van der Waals surface area (Å²) in [6, 6.07) is 12.8. The molecule has 264 valence electrons. The van der Waals surface area contributed by atoms with Crippen LogP contribution in [0.15, 0.2) is 60.9 Å². The molecule has 10 nitrogen and oxygen atoms in total. The summed E-state index contributed by atoms with van der Waals surface area (Å²) in [5.74, 6) is 0.192. The minimum atomic E-state index is -0.497. The number of amides is 2. The van der Waals surface area contributed by atoms with Crippen LogP contribution in [0.5, 0.6) is 0 Å². The third-order valence-electron chi connectivity index (χ3n) is 7.39. The van der Waals surface area contributed by atoms with Crippen LogP contribution in [0.1, 0.15) is 41.5 Å². The van der Waals surface area contributed by atoms with Crippen molar-refractivity contribution in [2.45, 2.75) is 52.7 Å². The Morgan fingerprint density at radius 2 is 1.16 bits per heavy atom. The van der Waals surface area contributed by atoms with Gasteiger partial charge in [0.2, 0.25) is 0 Å². The number of rotatable bonds is 1. The Balaban J connectivity index is 0.000000182. The van der Waals surface area contributed by atoms with Crippen molar-refractivity contribution in [1.29, 1.82) is 0 Å². The summed E-state index contributed by atoms with van der Waals surface area (Å²) in [6.45, 7) is 16.8. The predicted molar refractivity (Wildman–Crippen MR) is 189 cm³/mol. The molecule has 2 aliphatic heterocycles. The molecule has 49 heavy (non-hydrogen) atoms. The standard InChI is InChI=1S/C18H22FN3O2.C9H5ClFN.C9H18N2O2/c1-18(2,3)24-17(23)22-10-8-21(9-11-22)16-15-12-14(19)5-4-13(15)6-7-20-16;10-9-8-5-7(11)2-1-6(8)3-4-12-9;1-9(2,3)13-8(12)11-6-4-10-5-7-11/h4-7,12H,8-11H2,1-3H3;1-5H;10H,4-7H2,1-3H3. The molecule has 2 aliphatic rings. The van der Waals surface area contributed by atoms with Gasteiger partial charge in [0.25, 0.3) is 0 Å². The Bertz CT molecular complexity index is 1730. The van der Waals surface area contributed by atoms with Gasteiger partial charge in [0.15, 0.2) is 0 Å². The van der Waals surface area contributed by atoms with Crippen LogP contribution in [-0.4, -0.2) is 95.5 Å². The number of carbonyl (C=O) groups excluding carboxylic acids is 2. The first-order chi connectivity index (χ1) is 23.1. The number of nitrogens with one attached hydrogen (secondary N) is 1. The van der Waals surface area contributed by atoms with Crippen LogP contribution in [-0.2, 0) is 9.47 Å². The monoisotopic (exact) mass is 698 g/mol. The van der Waals surface area contributed by atoms with Crippen molar-refractivity contribution in [2.24, 2.45) is 0 Å². The summed E-state index contributed by atoms with van der Waals surface area (Å²) >= 11 is 5.75. The maximum absolute atomic E-state index is 13.6. The molecule has 1 N–H and O–H groups in total. The molecule has 0 unspecified atom stereocenters. The van der Waals surface area contributed by atoms with E-state index in [1.807, 2.05) is 47.6 Å². The van der Waals surface area contributed by atoms with E-state index in [2.05, 4.69) is 20.2 Å². The third-order valence-corrected chi connectivity index (χ3v) is 7.69. The lowest BCUT2D eigenvalue weighted by atomic mass is 10.1. The normalized spacial score (nSPS) is 15.2. The summed E-state index contributed by atoms with van der Waals surface area (Å²) in [5, 5.41) is 6.82. The van der Waals surface area contributed by atoms with E-state index in [1.54, 1.807) is 40.4 Å². The van der Waals surface area contributed by atoms with E-state index in [9.17, 15) is 18.4 Å². The molecular formula is C36H45ClF2N6O4. The Morgan fingerprint density at radius 3 is 1.69 bits per heavy atom. The Kier molecular flexibility index (Phi) is 12.6. The molecule has 6 rings (SSSR count). The van der Waals surface area contributed by atoms with Gasteiger partial charge < -0.3 is 29.5 Å². The van der Waals surface area contributed by atoms with Gasteiger partial charge in [-0.2, -0.15) is 0 Å². The topological polar surface area (TPSA) is 100 Å². The molecule has 4 heterocycles. The molecule has 2 fully saturated rings. The van der Waals surface area contributed by atoms with Gasteiger partial charge >= 0.3 is 12.2 Å². The molecule has 13 heteroatoms. The van der Waals surface area contributed by atoms with Crippen molar-refractivity contribution in [2.75, 3.05) is 57.3 Å². The first kappa shape index (κ1) is 37.5. The number of pyridine rings is 2. The number of hydrogen-bond acceptors (Lipinski definition) is 8. The van der Waals surface area contributed by atoms with Crippen molar-refractivity contribution < 1.29 is 27.8 Å². The zero-order valence-electron chi connectivity index (χ0n) is 28.9. The lowest BCUT2D eigenvalue weighted by molar-refractivity contribution is 0.0223. The van der Waals surface area contributed by atoms with Crippen LogP contribution in [0.25, 0.3) is 21.5 Å². The van der Waals surface area contributed by atoms with E-state index >= 15 is 0 Å². The number of benzene rings is 2. The maximum atomic E-state index is 13.6. The number of nitrogens with zero attached hydrogens (tertiary/aromatic N) is 5. The zero-order valence-corrected chi connectivity index (χ0v) is 29.7.